The van der Waals surface area contributed by atoms with Crippen LogP contribution in [0.25, 0.3) is 11.4 Å². The highest BCUT2D eigenvalue weighted by molar-refractivity contribution is 5.95. The Labute approximate surface area is 128 Å². The van der Waals surface area contributed by atoms with E-state index in [1.165, 1.54) is 0 Å². The Hall–Kier alpha value is -2.18. The van der Waals surface area contributed by atoms with E-state index in [0.29, 0.717) is 24.6 Å². The fourth-order valence-electron chi connectivity index (χ4n) is 2.89. The molecule has 0 bridgehead atoms. The van der Waals surface area contributed by atoms with Crippen LogP contribution in [0.1, 0.15) is 22.8 Å². The minimum Gasteiger partial charge on any atom is -0.478 e. The summed E-state index contributed by atoms with van der Waals surface area (Å²) in [6.45, 7) is 1.20. The van der Waals surface area contributed by atoms with Crippen molar-refractivity contribution >= 4 is 5.97 Å². The van der Waals surface area contributed by atoms with Gasteiger partial charge in [0.05, 0.1) is 24.3 Å². The minimum absolute atomic E-state index is 0.0156. The molecular weight excluding hydrogens is 284 g/mol. The van der Waals surface area contributed by atoms with Crippen LogP contribution in [0.2, 0.25) is 0 Å². The molecule has 6 nitrogen and oxygen atoms in total. The first-order valence-electron chi connectivity index (χ1n) is 7.18. The Balaban J connectivity index is 2.04. The standard InChI is InChI=1S/C16H18N2O4/c1-21-14-6-9-22-10-13(14)18-8-7-17-15(18)11-4-2-3-5-12(11)16(19)20/h2-5,7-8,13-14H,6,9-10H2,1H3,(H,19,20)/t13-,14-/m1/s1. The van der Waals surface area contributed by atoms with Crippen molar-refractivity contribution in [2.45, 2.75) is 18.6 Å². The zero-order chi connectivity index (χ0) is 15.5. The fraction of sp³-hybridized carbons (Fsp3) is 0.375. The summed E-state index contributed by atoms with van der Waals surface area (Å²) in [5, 5.41) is 9.38. The molecule has 6 heteroatoms. The second-order valence-corrected chi connectivity index (χ2v) is 5.21. The number of carboxylic acid groups (broad SMARTS) is 1. The first kappa shape index (κ1) is 14.7. The molecule has 0 amide bonds. The molecular formula is C16H18N2O4. The molecule has 1 N–H and O–H groups in total. The highest BCUT2D eigenvalue weighted by Gasteiger charge is 2.29. The number of carboxylic acids is 1. The molecule has 1 aromatic carbocycles. The van der Waals surface area contributed by atoms with Gasteiger partial charge in [0.25, 0.3) is 0 Å². The first-order valence-corrected chi connectivity index (χ1v) is 7.18. The van der Waals surface area contributed by atoms with E-state index >= 15 is 0 Å². The van der Waals surface area contributed by atoms with Crippen molar-refractivity contribution < 1.29 is 19.4 Å². The highest BCUT2D eigenvalue weighted by atomic mass is 16.5. The van der Waals surface area contributed by atoms with Crippen LogP contribution in [0.4, 0.5) is 0 Å². The Kier molecular flexibility index (Phi) is 4.22. The normalized spacial score (nSPS) is 21.7. The number of aromatic nitrogens is 2. The SMILES string of the molecule is CO[C@@H]1CCOC[C@H]1n1ccnc1-c1ccccc1C(=O)O. The van der Waals surface area contributed by atoms with Gasteiger partial charge in [0.15, 0.2) is 0 Å². The van der Waals surface area contributed by atoms with Crippen LogP contribution in [0.5, 0.6) is 0 Å². The van der Waals surface area contributed by atoms with Crippen molar-refractivity contribution in [1.82, 2.24) is 9.55 Å². The third kappa shape index (κ3) is 2.63. The van der Waals surface area contributed by atoms with E-state index in [0.717, 1.165) is 6.42 Å². The second kappa shape index (κ2) is 6.29. The molecule has 3 rings (SSSR count). The summed E-state index contributed by atoms with van der Waals surface area (Å²) in [5.74, 6) is -0.344. The molecule has 22 heavy (non-hydrogen) atoms. The number of carbonyl (C=O) groups is 1. The number of ether oxygens (including phenoxy) is 2. The lowest BCUT2D eigenvalue weighted by Crippen LogP contribution is -2.35. The summed E-state index contributed by atoms with van der Waals surface area (Å²) >= 11 is 0. The van der Waals surface area contributed by atoms with Crippen molar-refractivity contribution in [3.63, 3.8) is 0 Å². The smallest absolute Gasteiger partial charge is 0.336 e. The van der Waals surface area contributed by atoms with Crippen molar-refractivity contribution in [2.24, 2.45) is 0 Å². The van der Waals surface area contributed by atoms with Gasteiger partial charge in [-0.1, -0.05) is 18.2 Å². The number of hydrogen-bond donors (Lipinski definition) is 1. The van der Waals surface area contributed by atoms with Gasteiger partial charge >= 0.3 is 5.97 Å². The Bertz CT molecular complexity index is 668. The van der Waals surface area contributed by atoms with Crippen molar-refractivity contribution in [2.75, 3.05) is 20.3 Å². The molecule has 1 aliphatic rings. The van der Waals surface area contributed by atoms with E-state index in [9.17, 15) is 9.90 Å². The third-order valence-electron chi connectivity index (χ3n) is 3.99. The van der Waals surface area contributed by atoms with Crippen LogP contribution in [0, 0.1) is 0 Å². The largest absolute Gasteiger partial charge is 0.478 e. The monoisotopic (exact) mass is 302 g/mol. The molecule has 2 heterocycles. The van der Waals surface area contributed by atoms with Crippen LogP contribution in [-0.4, -0.2) is 47.1 Å². The number of hydrogen-bond acceptors (Lipinski definition) is 4. The molecule has 2 aromatic rings. The third-order valence-corrected chi connectivity index (χ3v) is 3.99. The molecule has 0 unspecified atom stereocenters. The van der Waals surface area contributed by atoms with Crippen molar-refractivity contribution in [3.05, 3.63) is 42.2 Å². The van der Waals surface area contributed by atoms with Crippen LogP contribution < -0.4 is 0 Å². The zero-order valence-corrected chi connectivity index (χ0v) is 12.3. The van der Waals surface area contributed by atoms with Crippen molar-refractivity contribution in [1.29, 1.82) is 0 Å². The average Bonchev–Trinajstić information content (AvgIpc) is 3.04. The molecule has 1 fully saturated rings. The zero-order valence-electron chi connectivity index (χ0n) is 12.3. The van der Waals surface area contributed by atoms with E-state index in [1.54, 1.807) is 31.5 Å². The molecule has 116 valence electrons. The van der Waals surface area contributed by atoms with Crippen LogP contribution in [0.15, 0.2) is 36.7 Å². The quantitative estimate of drug-likeness (QED) is 0.937. The topological polar surface area (TPSA) is 73.6 Å². The van der Waals surface area contributed by atoms with E-state index < -0.39 is 5.97 Å². The van der Waals surface area contributed by atoms with Gasteiger partial charge in [0.1, 0.15) is 5.82 Å². The molecule has 0 spiro atoms. The van der Waals surface area contributed by atoms with Gasteiger partial charge in [-0.05, 0) is 12.5 Å². The van der Waals surface area contributed by atoms with Gasteiger partial charge in [0, 0.05) is 31.7 Å². The fourth-order valence-corrected chi connectivity index (χ4v) is 2.89. The Morgan fingerprint density at radius 3 is 3.05 bits per heavy atom. The number of rotatable bonds is 4. The lowest BCUT2D eigenvalue weighted by molar-refractivity contribution is -0.0492. The summed E-state index contributed by atoms with van der Waals surface area (Å²) in [6.07, 6.45) is 4.35. The number of benzene rings is 1. The number of methoxy groups -OCH3 is 1. The second-order valence-electron chi connectivity index (χ2n) is 5.21. The maximum atomic E-state index is 11.4. The van der Waals surface area contributed by atoms with Gasteiger partial charge in [-0.15, -0.1) is 0 Å². The van der Waals surface area contributed by atoms with Gasteiger partial charge in [-0.25, -0.2) is 9.78 Å². The first-order chi connectivity index (χ1) is 10.7. The summed E-state index contributed by atoms with van der Waals surface area (Å²) in [7, 11) is 1.69. The van der Waals surface area contributed by atoms with Crippen LogP contribution in [0.3, 0.4) is 0 Å². The summed E-state index contributed by atoms with van der Waals surface area (Å²) in [6, 6.07) is 6.86. The summed E-state index contributed by atoms with van der Waals surface area (Å²) in [5.41, 5.74) is 0.834. The number of imidazole rings is 1. The number of nitrogens with zero attached hydrogens (tertiary/aromatic N) is 2. The van der Waals surface area contributed by atoms with Crippen LogP contribution >= 0.6 is 0 Å². The molecule has 0 saturated carbocycles. The van der Waals surface area contributed by atoms with Gasteiger partial charge in [-0.3, -0.25) is 0 Å². The predicted molar refractivity (Wildman–Crippen MR) is 79.9 cm³/mol. The van der Waals surface area contributed by atoms with E-state index in [-0.39, 0.29) is 17.7 Å². The highest BCUT2D eigenvalue weighted by Crippen LogP contribution is 2.29. The summed E-state index contributed by atoms with van der Waals surface area (Å²) in [4.78, 5) is 15.8. The van der Waals surface area contributed by atoms with E-state index in [4.69, 9.17) is 9.47 Å². The predicted octanol–water partition coefficient (Wildman–Crippen LogP) is 2.22. The lowest BCUT2D eigenvalue weighted by Gasteiger charge is -2.32. The van der Waals surface area contributed by atoms with Crippen LogP contribution in [-0.2, 0) is 9.47 Å². The maximum absolute atomic E-state index is 11.4. The molecule has 1 saturated heterocycles. The van der Waals surface area contributed by atoms with E-state index in [2.05, 4.69) is 4.98 Å². The lowest BCUT2D eigenvalue weighted by atomic mass is 10.0. The Morgan fingerprint density at radius 2 is 2.27 bits per heavy atom. The maximum Gasteiger partial charge on any atom is 0.336 e. The average molecular weight is 302 g/mol. The van der Waals surface area contributed by atoms with E-state index in [1.807, 2.05) is 16.8 Å². The number of aromatic carboxylic acids is 1. The molecule has 1 aliphatic heterocycles. The van der Waals surface area contributed by atoms with Gasteiger partial charge in [-0.2, -0.15) is 0 Å². The van der Waals surface area contributed by atoms with Gasteiger partial charge in [0.2, 0.25) is 0 Å². The summed E-state index contributed by atoms with van der Waals surface area (Å²) < 4.78 is 13.1. The molecule has 2 atom stereocenters. The molecule has 0 aliphatic carbocycles. The minimum atomic E-state index is -0.965. The molecule has 1 aromatic heterocycles. The Morgan fingerprint density at radius 1 is 1.45 bits per heavy atom. The van der Waals surface area contributed by atoms with Gasteiger partial charge < -0.3 is 19.1 Å². The van der Waals surface area contributed by atoms with Crippen molar-refractivity contribution in [3.8, 4) is 11.4 Å². The molecule has 0 radical (unpaired) electrons.